The van der Waals surface area contributed by atoms with Crippen molar-refractivity contribution in [2.24, 2.45) is 0 Å². The van der Waals surface area contributed by atoms with Crippen LogP contribution in [-0.2, 0) is 19.4 Å². The number of imidazole rings is 1. The predicted octanol–water partition coefficient (Wildman–Crippen LogP) is 3.99. The van der Waals surface area contributed by atoms with E-state index in [1.807, 2.05) is 37.3 Å². The van der Waals surface area contributed by atoms with Crippen molar-refractivity contribution in [3.8, 4) is 11.4 Å². The zero-order valence-electron chi connectivity index (χ0n) is 15.7. The lowest BCUT2D eigenvalue weighted by atomic mass is 9.85. The van der Waals surface area contributed by atoms with Crippen LogP contribution in [0.5, 0.6) is 0 Å². The summed E-state index contributed by atoms with van der Waals surface area (Å²) in [5.41, 5.74) is 5.87. The monoisotopic (exact) mass is 392 g/mol. The Morgan fingerprint density at radius 1 is 1.21 bits per heavy atom. The Morgan fingerprint density at radius 2 is 2.07 bits per heavy atom. The predicted molar refractivity (Wildman–Crippen MR) is 109 cm³/mol. The fourth-order valence-corrected chi connectivity index (χ4v) is 4.69. The summed E-state index contributed by atoms with van der Waals surface area (Å²) in [6.07, 6.45) is 4.41. The van der Waals surface area contributed by atoms with E-state index in [1.165, 1.54) is 0 Å². The molecular weight excluding hydrogens is 372 g/mol. The molecule has 28 heavy (non-hydrogen) atoms. The van der Waals surface area contributed by atoms with Gasteiger partial charge in [0, 0.05) is 42.5 Å². The molecule has 0 saturated carbocycles. The highest BCUT2D eigenvalue weighted by molar-refractivity contribution is 6.33. The number of carbonyl (C=O) groups is 1. The van der Waals surface area contributed by atoms with Gasteiger partial charge in [0.15, 0.2) is 5.78 Å². The van der Waals surface area contributed by atoms with Crippen molar-refractivity contribution in [3.05, 3.63) is 69.8 Å². The van der Waals surface area contributed by atoms with Crippen LogP contribution in [0.4, 0.5) is 0 Å². The zero-order valence-corrected chi connectivity index (χ0v) is 16.5. The number of nitrogens with one attached hydrogen (secondary N) is 1. The number of halogens is 1. The summed E-state index contributed by atoms with van der Waals surface area (Å²) < 4.78 is 0. The van der Waals surface area contributed by atoms with E-state index < -0.39 is 0 Å². The maximum absolute atomic E-state index is 13.2. The number of aromatic amines is 1. The number of aryl methyl sites for hydroxylation is 2. The van der Waals surface area contributed by atoms with Crippen LogP contribution in [0.3, 0.4) is 0 Å². The molecule has 0 amide bonds. The average molecular weight is 393 g/mol. The number of nitrogens with zero attached hydrogens (tertiary/aromatic N) is 3. The Kier molecular flexibility index (Phi) is 4.29. The molecule has 0 radical (unpaired) electrons. The molecule has 2 aliphatic rings. The second kappa shape index (κ2) is 6.83. The molecule has 1 aromatic carbocycles. The van der Waals surface area contributed by atoms with E-state index in [2.05, 4.69) is 14.9 Å². The van der Waals surface area contributed by atoms with Crippen molar-refractivity contribution < 1.29 is 4.79 Å². The highest BCUT2D eigenvalue weighted by Gasteiger charge is 2.35. The lowest BCUT2D eigenvalue weighted by Gasteiger charge is -2.36. The number of hydrogen-bond acceptors (Lipinski definition) is 4. The number of rotatable bonds is 2. The Balaban J connectivity index is 1.42. The summed E-state index contributed by atoms with van der Waals surface area (Å²) in [5, 5.41) is 0.687. The zero-order chi connectivity index (χ0) is 19.3. The highest BCUT2D eigenvalue weighted by Crippen LogP contribution is 2.31. The van der Waals surface area contributed by atoms with E-state index in [0.29, 0.717) is 11.6 Å². The molecule has 5 rings (SSSR count). The van der Waals surface area contributed by atoms with Crippen LogP contribution in [0.2, 0.25) is 5.02 Å². The maximum Gasteiger partial charge on any atom is 0.182 e. The summed E-state index contributed by atoms with van der Waals surface area (Å²) in [6.45, 7) is 3.47. The number of hydrogen-bond donors (Lipinski definition) is 1. The minimum absolute atomic E-state index is 0.0874. The normalized spacial score (nSPS) is 19.4. The Bertz CT molecular complexity index is 1070. The molecule has 1 aliphatic carbocycles. The van der Waals surface area contributed by atoms with Crippen LogP contribution in [0, 0.1) is 6.92 Å². The second-order valence-electron chi connectivity index (χ2n) is 7.56. The molecule has 1 atom stereocenters. The van der Waals surface area contributed by atoms with Gasteiger partial charge in [-0.2, -0.15) is 0 Å². The first-order valence-electron chi connectivity index (χ1n) is 9.67. The van der Waals surface area contributed by atoms with Crippen LogP contribution in [0.15, 0.2) is 36.5 Å². The molecule has 0 bridgehead atoms. The third-order valence-electron chi connectivity index (χ3n) is 5.89. The van der Waals surface area contributed by atoms with Gasteiger partial charge in [-0.05, 0) is 43.5 Å². The van der Waals surface area contributed by atoms with Gasteiger partial charge >= 0.3 is 0 Å². The molecule has 0 fully saturated rings. The lowest BCUT2D eigenvalue weighted by Crippen LogP contribution is -2.46. The van der Waals surface area contributed by atoms with Crippen molar-refractivity contribution >= 4 is 17.4 Å². The van der Waals surface area contributed by atoms with E-state index in [-0.39, 0.29) is 11.8 Å². The summed E-state index contributed by atoms with van der Waals surface area (Å²) in [5.74, 6) is 1.01. The first kappa shape index (κ1) is 17.6. The van der Waals surface area contributed by atoms with Gasteiger partial charge in [0.25, 0.3) is 0 Å². The van der Waals surface area contributed by atoms with Crippen molar-refractivity contribution in [2.75, 3.05) is 6.54 Å². The van der Waals surface area contributed by atoms with Crippen LogP contribution >= 0.6 is 11.6 Å². The molecule has 3 heterocycles. The molecule has 5 nitrogen and oxygen atoms in total. The number of aromatic nitrogens is 3. The summed E-state index contributed by atoms with van der Waals surface area (Å²) in [7, 11) is 0. The van der Waals surface area contributed by atoms with Crippen molar-refractivity contribution in [1.82, 2.24) is 19.9 Å². The van der Waals surface area contributed by atoms with Gasteiger partial charge in [0.2, 0.25) is 0 Å². The third-order valence-corrected chi connectivity index (χ3v) is 6.22. The Labute approximate surface area is 168 Å². The van der Waals surface area contributed by atoms with Crippen molar-refractivity contribution in [2.45, 2.75) is 38.8 Å². The van der Waals surface area contributed by atoms with Gasteiger partial charge < -0.3 is 4.98 Å². The van der Waals surface area contributed by atoms with E-state index >= 15 is 0 Å². The number of H-pyrrole nitrogens is 1. The molecule has 1 aliphatic heterocycles. The SMILES string of the molecule is Cc1nccc2c1C(=O)C(N1CCc3nc(-c4ccccc4Cl)[nH]c3C1)CC2. The van der Waals surface area contributed by atoms with E-state index in [0.717, 1.165) is 65.4 Å². The number of ketones is 1. The molecule has 1 N–H and O–H groups in total. The van der Waals surface area contributed by atoms with Gasteiger partial charge in [-0.25, -0.2) is 4.98 Å². The standard InChI is InChI=1S/C22H21ClN4O/c1-13-20-14(8-10-24-13)6-7-19(21(20)28)27-11-9-17-18(12-27)26-22(25-17)15-4-2-3-5-16(15)23/h2-5,8,10,19H,6-7,9,11-12H2,1H3,(H,25,26). The minimum atomic E-state index is -0.0874. The van der Waals surface area contributed by atoms with E-state index in [1.54, 1.807) is 6.20 Å². The van der Waals surface area contributed by atoms with Crippen LogP contribution in [-0.4, -0.2) is 38.2 Å². The van der Waals surface area contributed by atoms with Gasteiger partial charge in [-0.3, -0.25) is 14.7 Å². The second-order valence-corrected chi connectivity index (χ2v) is 7.97. The number of pyridine rings is 1. The van der Waals surface area contributed by atoms with Gasteiger partial charge in [-0.15, -0.1) is 0 Å². The van der Waals surface area contributed by atoms with Crippen LogP contribution in [0.25, 0.3) is 11.4 Å². The van der Waals surface area contributed by atoms with Crippen molar-refractivity contribution in [3.63, 3.8) is 0 Å². The fraction of sp³-hybridized carbons (Fsp3) is 0.318. The minimum Gasteiger partial charge on any atom is -0.340 e. The topological polar surface area (TPSA) is 61.9 Å². The highest BCUT2D eigenvalue weighted by atomic mass is 35.5. The molecular formula is C22H21ClN4O. The van der Waals surface area contributed by atoms with Gasteiger partial charge in [-0.1, -0.05) is 23.7 Å². The summed E-state index contributed by atoms with van der Waals surface area (Å²) in [6, 6.07) is 9.62. The fourth-order valence-electron chi connectivity index (χ4n) is 4.46. The van der Waals surface area contributed by atoms with Gasteiger partial charge in [0.1, 0.15) is 5.82 Å². The third kappa shape index (κ3) is 2.86. The average Bonchev–Trinajstić information content (AvgIpc) is 3.11. The summed E-state index contributed by atoms with van der Waals surface area (Å²) >= 11 is 6.33. The number of fused-ring (bicyclic) bond motifs is 2. The molecule has 142 valence electrons. The first-order chi connectivity index (χ1) is 13.6. The van der Waals surface area contributed by atoms with Gasteiger partial charge in [0.05, 0.1) is 22.5 Å². The van der Waals surface area contributed by atoms with Crippen LogP contribution < -0.4 is 0 Å². The molecule has 3 aromatic rings. The molecule has 0 spiro atoms. The molecule has 0 saturated heterocycles. The molecule has 1 unspecified atom stereocenters. The first-order valence-corrected chi connectivity index (χ1v) is 10.0. The lowest BCUT2D eigenvalue weighted by molar-refractivity contribution is 0.0761. The summed E-state index contributed by atoms with van der Waals surface area (Å²) in [4.78, 5) is 28.0. The number of benzene rings is 1. The molecule has 2 aromatic heterocycles. The maximum atomic E-state index is 13.2. The Hall–Kier alpha value is -2.50. The quantitative estimate of drug-likeness (QED) is 0.716. The van der Waals surface area contributed by atoms with E-state index in [4.69, 9.17) is 16.6 Å². The molecule has 6 heteroatoms. The van der Waals surface area contributed by atoms with E-state index in [9.17, 15) is 4.79 Å². The smallest absolute Gasteiger partial charge is 0.182 e. The Morgan fingerprint density at radius 3 is 2.93 bits per heavy atom. The van der Waals surface area contributed by atoms with Crippen LogP contribution in [0.1, 0.15) is 39.4 Å². The number of Topliss-reactive ketones (excluding diaryl/α,β-unsaturated/α-hetero) is 1. The van der Waals surface area contributed by atoms with Crippen molar-refractivity contribution in [1.29, 1.82) is 0 Å². The number of carbonyl (C=O) groups excluding carboxylic acids is 1. The largest absolute Gasteiger partial charge is 0.340 e.